The van der Waals surface area contributed by atoms with E-state index in [4.69, 9.17) is 0 Å². The highest BCUT2D eigenvalue weighted by molar-refractivity contribution is 5.40. The van der Waals surface area contributed by atoms with Gasteiger partial charge in [0.15, 0.2) is 0 Å². The molecule has 12 heavy (non-hydrogen) atoms. The molecule has 0 bridgehead atoms. The van der Waals surface area contributed by atoms with E-state index in [1.54, 1.807) is 0 Å². The van der Waals surface area contributed by atoms with Gasteiger partial charge in [0.1, 0.15) is 0 Å². The van der Waals surface area contributed by atoms with Crippen molar-refractivity contribution in [2.45, 2.75) is 27.2 Å². The van der Waals surface area contributed by atoms with Crippen LogP contribution in [0.4, 0.5) is 0 Å². The zero-order chi connectivity index (χ0) is 9.40. The Morgan fingerprint density at radius 1 is 1.42 bits per heavy atom. The summed E-state index contributed by atoms with van der Waals surface area (Å²) < 4.78 is 0. The fourth-order valence-electron chi connectivity index (χ4n) is 1.05. The molecule has 0 aromatic heterocycles. The summed E-state index contributed by atoms with van der Waals surface area (Å²) in [5.41, 5.74) is 2.56. The van der Waals surface area contributed by atoms with Crippen LogP contribution in [0.5, 0.6) is 0 Å². The van der Waals surface area contributed by atoms with Gasteiger partial charge < -0.3 is 0 Å². The van der Waals surface area contributed by atoms with Gasteiger partial charge in [0.05, 0.1) is 0 Å². The minimum atomic E-state index is 1.08. The van der Waals surface area contributed by atoms with Gasteiger partial charge >= 0.3 is 0 Å². The average molecular weight is 162 g/mol. The van der Waals surface area contributed by atoms with Gasteiger partial charge in [-0.2, -0.15) is 0 Å². The van der Waals surface area contributed by atoms with Gasteiger partial charge in [0.25, 0.3) is 0 Å². The maximum absolute atomic E-state index is 3.69. The largest absolute Gasteiger partial charge is 0.0990 e. The van der Waals surface area contributed by atoms with Crippen molar-refractivity contribution < 1.29 is 0 Å². The van der Waals surface area contributed by atoms with Crippen LogP contribution >= 0.6 is 0 Å². The molecule has 0 rings (SSSR count). The molecule has 0 aromatic carbocycles. The van der Waals surface area contributed by atoms with E-state index in [0.29, 0.717) is 0 Å². The summed E-state index contributed by atoms with van der Waals surface area (Å²) in [5.74, 6) is 0. The van der Waals surface area contributed by atoms with Crippen molar-refractivity contribution in [3.05, 3.63) is 48.1 Å². The maximum atomic E-state index is 3.69. The first-order valence-electron chi connectivity index (χ1n) is 4.38. The van der Waals surface area contributed by atoms with Gasteiger partial charge in [-0.1, -0.05) is 43.9 Å². The van der Waals surface area contributed by atoms with E-state index in [9.17, 15) is 0 Å². The summed E-state index contributed by atoms with van der Waals surface area (Å²) in [6, 6.07) is 0. The third-order valence-electron chi connectivity index (χ3n) is 1.61. The fourth-order valence-corrected chi connectivity index (χ4v) is 1.05. The van der Waals surface area contributed by atoms with Crippen molar-refractivity contribution in [2.75, 3.05) is 0 Å². The van der Waals surface area contributed by atoms with Crippen molar-refractivity contribution in [1.29, 1.82) is 0 Å². The predicted molar refractivity (Wildman–Crippen MR) is 57.1 cm³/mol. The normalized spacial score (nSPS) is 13.9. The second-order valence-electron chi connectivity index (χ2n) is 2.65. The van der Waals surface area contributed by atoms with Gasteiger partial charge in [0, 0.05) is 0 Å². The van der Waals surface area contributed by atoms with E-state index in [2.05, 4.69) is 32.6 Å². The van der Waals surface area contributed by atoms with Crippen LogP contribution in [-0.2, 0) is 0 Å². The summed E-state index contributed by atoms with van der Waals surface area (Å²) >= 11 is 0. The van der Waals surface area contributed by atoms with E-state index >= 15 is 0 Å². The molecule has 0 heterocycles. The molecule has 0 radical (unpaired) electrons. The smallest absolute Gasteiger partial charge is 0.0234 e. The molecule has 0 fully saturated rings. The number of hydrogen-bond acceptors (Lipinski definition) is 0. The van der Waals surface area contributed by atoms with Crippen LogP contribution in [0.25, 0.3) is 0 Å². The monoisotopic (exact) mass is 162 g/mol. The Morgan fingerprint density at radius 3 is 2.50 bits per heavy atom. The van der Waals surface area contributed by atoms with Crippen LogP contribution in [0.15, 0.2) is 48.1 Å². The standard InChI is InChI=1S/C12H18/c1-5-8-11(4)12(9-6-2)10-7-3/h6-10H,2,5H2,1,3-4H3/b10-7-,11-8-,12-9-. The van der Waals surface area contributed by atoms with Crippen LogP contribution in [0.3, 0.4) is 0 Å². The lowest BCUT2D eigenvalue weighted by molar-refractivity contribution is 1.19. The highest BCUT2D eigenvalue weighted by Crippen LogP contribution is 2.11. The molecular formula is C12H18. The predicted octanol–water partition coefficient (Wildman–Crippen LogP) is 4.03. The Hall–Kier alpha value is -1.04. The average Bonchev–Trinajstić information content (AvgIpc) is 2.04. The van der Waals surface area contributed by atoms with E-state index in [-0.39, 0.29) is 0 Å². The maximum Gasteiger partial charge on any atom is -0.0234 e. The Morgan fingerprint density at radius 2 is 2.08 bits per heavy atom. The van der Waals surface area contributed by atoms with Crippen molar-refractivity contribution in [2.24, 2.45) is 0 Å². The van der Waals surface area contributed by atoms with Gasteiger partial charge in [-0.15, -0.1) is 0 Å². The Kier molecular flexibility index (Phi) is 6.08. The molecule has 0 amide bonds. The molecule has 0 aromatic rings. The Balaban J connectivity index is 4.62. The van der Waals surface area contributed by atoms with Gasteiger partial charge in [-0.3, -0.25) is 0 Å². The summed E-state index contributed by atoms with van der Waals surface area (Å²) in [6.45, 7) is 9.98. The van der Waals surface area contributed by atoms with E-state index in [1.165, 1.54) is 11.1 Å². The molecule has 0 saturated carbocycles. The fraction of sp³-hybridized carbons (Fsp3) is 0.333. The van der Waals surface area contributed by atoms with Crippen LogP contribution in [0, 0.1) is 0 Å². The molecule has 0 unspecified atom stereocenters. The second-order valence-corrected chi connectivity index (χ2v) is 2.65. The Bertz CT molecular complexity index is 214. The van der Waals surface area contributed by atoms with Gasteiger partial charge in [-0.25, -0.2) is 0 Å². The summed E-state index contributed by atoms with van der Waals surface area (Å²) in [7, 11) is 0. The molecular weight excluding hydrogens is 144 g/mol. The molecule has 0 N–H and O–H groups in total. The van der Waals surface area contributed by atoms with Crippen LogP contribution < -0.4 is 0 Å². The molecule has 0 nitrogen and oxygen atoms in total. The summed E-state index contributed by atoms with van der Waals surface area (Å²) in [6.07, 6.45) is 11.3. The van der Waals surface area contributed by atoms with Crippen LogP contribution in [-0.4, -0.2) is 0 Å². The summed E-state index contributed by atoms with van der Waals surface area (Å²) in [4.78, 5) is 0. The molecule has 0 aliphatic heterocycles. The molecule has 0 heteroatoms. The van der Waals surface area contributed by atoms with Crippen molar-refractivity contribution in [3.8, 4) is 0 Å². The number of allylic oxidation sites excluding steroid dienone is 7. The van der Waals surface area contributed by atoms with E-state index < -0.39 is 0 Å². The lowest BCUT2D eigenvalue weighted by Crippen LogP contribution is -1.80. The minimum Gasteiger partial charge on any atom is -0.0990 e. The number of hydrogen-bond donors (Lipinski definition) is 0. The molecule has 0 aliphatic carbocycles. The van der Waals surface area contributed by atoms with Crippen molar-refractivity contribution in [1.82, 2.24) is 0 Å². The summed E-state index contributed by atoms with van der Waals surface area (Å²) in [5, 5.41) is 0. The minimum absolute atomic E-state index is 1.08. The third kappa shape index (κ3) is 3.97. The topological polar surface area (TPSA) is 0 Å². The lowest BCUT2D eigenvalue weighted by Gasteiger charge is -2.00. The van der Waals surface area contributed by atoms with Gasteiger partial charge in [-0.05, 0) is 31.4 Å². The second kappa shape index (κ2) is 6.66. The van der Waals surface area contributed by atoms with E-state index in [0.717, 1.165) is 6.42 Å². The third-order valence-corrected chi connectivity index (χ3v) is 1.61. The molecule has 0 spiro atoms. The zero-order valence-electron chi connectivity index (χ0n) is 8.30. The van der Waals surface area contributed by atoms with Crippen molar-refractivity contribution >= 4 is 0 Å². The molecule has 66 valence electrons. The molecule has 0 aliphatic rings. The van der Waals surface area contributed by atoms with E-state index in [1.807, 2.05) is 25.2 Å². The lowest BCUT2D eigenvalue weighted by atomic mass is 10.1. The molecule has 0 atom stereocenters. The van der Waals surface area contributed by atoms with Gasteiger partial charge in [0.2, 0.25) is 0 Å². The van der Waals surface area contributed by atoms with Crippen LogP contribution in [0.2, 0.25) is 0 Å². The first-order chi connectivity index (χ1) is 5.76. The first kappa shape index (κ1) is 11.0. The van der Waals surface area contributed by atoms with Crippen LogP contribution in [0.1, 0.15) is 27.2 Å². The SMILES string of the molecule is C=C/C=C(/C=C\C)C(\C)=C/CC. The zero-order valence-corrected chi connectivity index (χ0v) is 8.30. The van der Waals surface area contributed by atoms with Crippen molar-refractivity contribution in [3.63, 3.8) is 0 Å². The molecule has 0 saturated heterocycles. The number of rotatable bonds is 4. The highest BCUT2D eigenvalue weighted by Gasteiger charge is 1.91. The highest BCUT2D eigenvalue weighted by atomic mass is 14.0. The first-order valence-corrected chi connectivity index (χ1v) is 4.38. The quantitative estimate of drug-likeness (QED) is 0.547. The Labute approximate surface area is 76.0 Å².